The number of hydrazone groups is 1. The van der Waals surface area contributed by atoms with E-state index in [1.807, 2.05) is 30.3 Å². The minimum atomic E-state index is 0.344. The SMILES string of the molecule is S=C(N/N=C/c1c(Cl)ccc(Cl)c1Cl)Nc1ccccc1. The van der Waals surface area contributed by atoms with Gasteiger partial charge in [-0.1, -0.05) is 53.0 Å². The molecule has 21 heavy (non-hydrogen) atoms. The van der Waals surface area contributed by atoms with E-state index in [4.69, 9.17) is 47.0 Å². The van der Waals surface area contributed by atoms with Gasteiger partial charge in [0, 0.05) is 11.3 Å². The van der Waals surface area contributed by atoms with Crippen LogP contribution in [0.2, 0.25) is 15.1 Å². The van der Waals surface area contributed by atoms with E-state index in [0.717, 1.165) is 5.69 Å². The number of nitrogens with one attached hydrogen (secondary N) is 2. The second-order valence-corrected chi connectivity index (χ2v) is 5.55. The van der Waals surface area contributed by atoms with Crippen molar-refractivity contribution in [3.8, 4) is 0 Å². The van der Waals surface area contributed by atoms with Crippen molar-refractivity contribution in [3.05, 3.63) is 63.1 Å². The Kier molecular flexibility index (Phi) is 5.82. The Morgan fingerprint density at radius 3 is 2.38 bits per heavy atom. The number of thiocarbonyl (C=S) groups is 1. The van der Waals surface area contributed by atoms with Crippen molar-refractivity contribution in [1.82, 2.24) is 5.43 Å². The molecule has 3 nitrogen and oxygen atoms in total. The summed E-state index contributed by atoms with van der Waals surface area (Å²) in [6, 6.07) is 12.8. The molecule has 0 unspecified atom stereocenters. The molecule has 0 bridgehead atoms. The molecule has 0 saturated heterocycles. The van der Waals surface area contributed by atoms with Gasteiger partial charge in [0.2, 0.25) is 0 Å². The van der Waals surface area contributed by atoms with E-state index in [0.29, 0.717) is 25.7 Å². The molecule has 0 aliphatic rings. The van der Waals surface area contributed by atoms with E-state index < -0.39 is 0 Å². The van der Waals surface area contributed by atoms with Crippen LogP contribution in [0.15, 0.2) is 47.6 Å². The van der Waals surface area contributed by atoms with Gasteiger partial charge in [-0.2, -0.15) is 5.10 Å². The number of hydrogen-bond acceptors (Lipinski definition) is 2. The lowest BCUT2D eigenvalue weighted by Crippen LogP contribution is -2.23. The summed E-state index contributed by atoms with van der Waals surface area (Å²) >= 11 is 23.1. The number of para-hydroxylation sites is 1. The minimum absolute atomic E-state index is 0.344. The van der Waals surface area contributed by atoms with Crippen molar-refractivity contribution < 1.29 is 0 Å². The van der Waals surface area contributed by atoms with Crippen LogP contribution in [0, 0.1) is 0 Å². The second-order valence-electron chi connectivity index (χ2n) is 3.95. The van der Waals surface area contributed by atoms with Gasteiger partial charge in [-0.25, -0.2) is 0 Å². The third-order valence-corrected chi connectivity index (χ3v) is 3.81. The van der Waals surface area contributed by atoms with Crippen molar-refractivity contribution in [1.29, 1.82) is 0 Å². The summed E-state index contributed by atoms with van der Waals surface area (Å²) in [4.78, 5) is 0. The van der Waals surface area contributed by atoms with E-state index in [1.54, 1.807) is 12.1 Å². The van der Waals surface area contributed by atoms with Gasteiger partial charge < -0.3 is 5.32 Å². The molecule has 2 rings (SSSR count). The third kappa shape index (κ3) is 4.58. The lowest BCUT2D eigenvalue weighted by atomic mass is 10.2. The first-order valence-electron chi connectivity index (χ1n) is 5.86. The molecule has 7 heteroatoms. The van der Waals surface area contributed by atoms with Crippen LogP contribution in [0.5, 0.6) is 0 Å². The highest BCUT2D eigenvalue weighted by molar-refractivity contribution is 7.80. The highest BCUT2D eigenvalue weighted by atomic mass is 35.5. The molecule has 0 heterocycles. The van der Waals surface area contributed by atoms with Crippen LogP contribution >= 0.6 is 47.0 Å². The van der Waals surface area contributed by atoms with Crippen LogP contribution in [0.3, 0.4) is 0 Å². The van der Waals surface area contributed by atoms with E-state index in [2.05, 4.69) is 15.8 Å². The number of rotatable bonds is 3. The first-order valence-corrected chi connectivity index (χ1v) is 7.41. The zero-order valence-electron chi connectivity index (χ0n) is 10.6. The Balaban J connectivity index is 2.00. The highest BCUT2D eigenvalue weighted by Crippen LogP contribution is 2.29. The topological polar surface area (TPSA) is 36.4 Å². The van der Waals surface area contributed by atoms with E-state index in [-0.39, 0.29) is 0 Å². The Hall–Kier alpha value is -1.33. The molecule has 0 fully saturated rings. The molecule has 0 aliphatic carbocycles. The molecule has 2 aromatic rings. The highest BCUT2D eigenvalue weighted by Gasteiger charge is 2.07. The maximum Gasteiger partial charge on any atom is 0.191 e. The maximum absolute atomic E-state index is 6.06. The van der Waals surface area contributed by atoms with Gasteiger partial charge in [0.05, 0.1) is 21.3 Å². The predicted molar refractivity (Wildman–Crippen MR) is 94.9 cm³/mol. The maximum atomic E-state index is 6.06. The zero-order chi connectivity index (χ0) is 15.2. The molecule has 0 aliphatic heterocycles. The van der Waals surface area contributed by atoms with Gasteiger partial charge in [0.15, 0.2) is 5.11 Å². The van der Waals surface area contributed by atoms with Crippen molar-refractivity contribution in [2.75, 3.05) is 5.32 Å². The van der Waals surface area contributed by atoms with Crippen LogP contribution in [-0.4, -0.2) is 11.3 Å². The first kappa shape index (κ1) is 16.0. The second kappa shape index (κ2) is 7.61. The Labute approximate surface area is 142 Å². The third-order valence-electron chi connectivity index (χ3n) is 2.47. The number of halogens is 3. The van der Waals surface area contributed by atoms with Gasteiger partial charge in [-0.15, -0.1) is 0 Å². The summed E-state index contributed by atoms with van der Waals surface area (Å²) in [5.74, 6) is 0. The van der Waals surface area contributed by atoms with Gasteiger partial charge in [-0.3, -0.25) is 5.43 Å². The van der Waals surface area contributed by atoms with Crippen molar-refractivity contribution in [3.63, 3.8) is 0 Å². The summed E-state index contributed by atoms with van der Waals surface area (Å²) < 4.78 is 0. The van der Waals surface area contributed by atoms with Crippen LogP contribution in [0.25, 0.3) is 0 Å². The molecule has 0 amide bonds. The molecule has 0 aromatic heterocycles. The van der Waals surface area contributed by atoms with Crippen LogP contribution in [-0.2, 0) is 0 Å². The molecular formula is C14H10Cl3N3S. The summed E-state index contributed by atoms with van der Waals surface area (Å²) in [5, 5.41) is 8.54. The smallest absolute Gasteiger partial charge is 0.191 e. The van der Waals surface area contributed by atoms with E-state index in [1.165, 1.54) is 6.21 Å². The molecule has 0 radical (unpaired) electrons. The molecule has 0 atom stereocenters. The largest absolute Gasteiger partial charge is 0.331 e. The molecular weight excluding hydrogens is 349 g/mol. The van der Waals surface area contributed by atoms with Crippen molar-refractivity contribution in [2.24, 2.45) is 5.10 Å². The zero-order valence-corrected chi connectivity index (χ0v) is 13.7. The van der Waals surface area contributed by atoms with Crippen molar-refractivity contribution in [2.45, 2.75) is 0 Å². The summed E-state index contributed by atoms with van der Waals surface area (Å²) in [7, 11) is 0. The Bertz CT molecular complexity index is 675. The molecule has 0 saturated carbocycles. The number of nitrogens with zero attached hydrogens (tertiary/aromatic N) is 1. The quantitative estimate of drug-likeness (QED) is 0.352. The lowest BCUT2D eigenvalue weighted by Gasteiger charge is -2.07. The van der Waals surface area contributed by atoms with E-state index >= 15 is 0 Å². The fourth-order valence-electron chi connectivity index (χ4n) is 1.50. The average Bonchev–Trinajstić information content (AvgIpc) is 2.48. The predicted octanol–water partition coefficient (Wildman–Crippen LogP) is 4.97. The normalized spacial score (nSPS) is 10.6. The standard InChI is InChI=1S/C14H10Cl3N3S/c15-11-6-7-12(16)13(17)10(11)8-18-20-14(21)19-9-4-2-1-3-5-9/h1-8H,(H2,19,20,21)/b18-8+. The molecule has 108 valence electrons. The van der Waals surface area contributed by atoms with Gasteiger partial charge in [-0.05, 0) is 36.5 Å². The van der Waals surface area contributed by atoms with Gasteiger partial charge >= 0.3 is 0 Å². The Morgan fingerprint density at radius 2 is 1.67 bits per heavy atom. The minimum Gasteiger partial charge on any atom is -0.331 e. The summed E-state index contributed by atoms with van der Waals surface area (Å²) in [5.41, 5.74) is 4.08. The van der Waals surface area contributed by atoms with Crippen LogP contribution in [0.4, 0.5) is 5.69 Å². The average molecular weight is 359 g/mol. The number of benzene rings is 2. The van der Waals surface area contributed by atoms with Crippen molar-refractivity contribution >= 4 is 64.0 Å². The number of hydrogen-bond donors (Lipinski definition) is 2. The van der Waals surface area contributed by atoms with Gasteiger partial charge in [0.25, 0.3) is 0 Å². The van der Waals surface area contributed by atoms with E-state index in [9.17, 15) is 0 Å². The molecule has 2 aromatic carbocycles. The Morgan fingerprint density at radius 1 is 1.00 bits per heavy atom. The molecule has 2 N–H and O–H groups in total. The molecule has 0 spiro atoms. The first-order chi connectivity index (χ1) is 10.1. The fourth-order valence-corrected chi connectivity index (χ4v) is 2.30. The fraction of sp³-hybridized carbons (Fsp3) is 0. The van der Waals surface area contributed by atoms with Crippen LogP contribution in [0.1, 0.15) is 5.56 Å². The van der Waals surface area contributed by atoms with Gasteiger partial charge in [0.1, 0.15) is 0 Å². The lowest BCUT2D eigenvalue weighted by molar-refractivity contribution is 1.05. The van der Waals surface area contributed by atoms with Crippen LogP contribution < -0.4 is 10.7 Å². The number of anilines is 1. The summed E-state index contributed by atoms with van der Waals surface area (Å²) in [6.07, 6.45) is 1.47. The monoisotopic (exact) mass is 357 g/mol. The summed E-state index contributed by atoms with van der Waals surface area (Å²) in [6.45, 7) is 0.